The Morgan fingerprint density at radius 2 is 0.962 bits per heavy atom. The second kappa shape index (κ2) is 55.1. The number of anilines is 2. The first-order valence-corrected chi connectivity index (χ1v) is 35.8. The number of rotatable bonds is 12. The molecular weight excluding hydrogens is 1410 g/mol. The van der Waals surface area contributed by atoms with Gasteiger partial charge in [0.2, 0.25) is 17.6 Å². The molecule has 25 heteroatoms. The summed E-state index contributed by atoms with van der Waals surface area (Å²) in [6, 6.07) is 58.4. The number of alkyl halides is 1. The molecule has 12 rings (SSSR count). The molecule has 0 amide bonds. The van der Waals surface area contributed by atoms with Crippen LogP contribution in [-0.2, 0) is 23.8 Å². The molecule has 105 heavy (non-hydrogen) atoms. The van der Waals surface area contributed by atoms with Crippen LogP contribution in [0.15, 0.2) is 251 Å². The van der Waals surface area contributed by atoms with Gasteiger partial charge in [-0.3, -0.25) is 28.1 Å². The van der Waals surface area contributed by atoms with Gasteiger partial charge >= 0.3 is 0 Å². The lowest BCUT2D eigenvalue weighted by molar-refractivity contribution is 0.198. The molecular formula is C80H94ClF6N9O7S2. The maximum atomic E-state index is 13.6. The van der Waals surface area contributed by atoms with Crippen molar-refractivity contribution in [2.45, 2.75) is 113 Å². The predicted octanol–water partition coefficient (Wildman–Crippen LogP) is 19.4. The fraction of sp³-hybridized carbons (Fsp3) is 0.237. The van der Waals surface area contributed by atoms with Gasteiger partial charge in [-0.2, -0.15) is 4.98 Å². The molecule has 0 unspecified atom stereocenters. The topological polar surface area (TPSA) is 217 Å². The standard InChI is InChI=1S/C18H14F2N2O2.C17H12F2N2O2.C11H10N2O2S.C7H5ClF2.C7H8N2S.C6H7N.C4H8O.5C2H6/c1-12-17(24-10-13-7-8-14(19)9-16(13)20)21-11-22(18(12)23)15-5-3-2-4-6-15;18-13-7-6-12(15(19)8-13)10-23-16-9-17(22)21(11-20-16)14-4-2-1-3-5-14;1-16-11-12-9(14)7-10(15)13(11)8-5-3-2-4-6-8;8-4-5-1-2-6(9)3-7(5)10;8-7(10)9-6-4-2-1-3-5-6;7-6-4-2-1-3-5-6;1-2-4-5-3-1;5*1-2/h2-9,11H,10H2,1H3;1-9,11H,10H2;2-7,14H,1H3;1-3H,4H2;1-5H,(H3,8,9,10);1-5H,7H2;1-4H2;5*1-2H3. The molecule has 562 valence electrons. The number of nitrogens with two attached hydrogens (primary N) is 2. The van der Waals surface area contributed by atoms with Crippen molar-refractivity contribution in [3.05, 3.63) is 319 Å². The van der Waals surface area contributed by atoms with Crippen LogP contribution in [-0.4, -0.2) is 58.3 Å². The van der Waals surface area contributed by atoms with Crippen molar-refractivity contribution < 1.29 is 45.7 Å². The Labute approximate surface area is 626 Å². The normalized spacial score (nSPS) is 10.1. The molecule has 0 radical (unpaired) electrons. The molecule has 6 N–H and O–H groups in total. The fourth-order valence-corrected chi connectivity index (χ4v) is 8.83. The highest BCUT2D eigenvalue weighted by Crippen LogP contribution is 2.20. The van der Waals surface area contributed by atoms with Crippen molar-refractivity contribution in [3.63, 3.8) is 0 Å². The van der Waals surface area contributed by atoms with Crippen LogP contribution in [0.3, 0.4) is 0 Å². The van der Waals surface area contributed by atoms with Crippen LogP contribution < -0.4 is 42.9 Å². The van der Waals surface area contributed by atoms with E-state index in [9.17, 15) is 45.8 Å². The third-order valence-corrected chi connectivity index (χ3v) is 13.7. The summed E-state index contributed by atoms with van der Waals surface area (Å²) < 4.78 is 97.5. The summed E-state index contributed by atoms with van der Waals surface area (Å²) in [6.07, 6.45) is 7.07. The van der Waals surface area contributed by atoms with E-state index >= 15 is 0 Å². The number of nitrogens with one attached hydrogen (secondary N) is 1. The lowest BCUT2D eigenvalue weighted by atomic mass is 10.2. The molecule has 0 bridgehead atoms. The van der Waals surface area contributed by atoms with E-state index < -0.39 is 34.9 Å². The molecule has 8 aromatic carbocycles. The number of thioether (sulfide) groups is 1. The number of hydrogen-bond donors (Lipinski definition) is 4. The van der Waals surface area contributed by atoms with E-state index in [1.54, 1.807) is 37.4 Å². The molecule has 0 aliphatic carbocycles. The molecule has 0 atom stereocenters. The van der Waals surface area contributed by atoms with Gasteiger partial charge in [0.05, 0.1) is 40.6 Å². The average Bonchev–Trinajstić information content (AvgIpc) is 0.985. The average molecular weight is 1510 g/mol. The van der Waals surface area contributed by atoms with Crippen molar-refractivity contribution in [2.24, 2.45) is 5.73 Å². The Kier molecular flexibility index (Phi) is 48.5. The lowest BCUT2D eigenvalue weighted by Gasteiger charge is -2.11. The monoisotopic (exact) mass is 1510 g/mol. The van der Waals surface area contributed by atoms with Crippen LogP contribution in [0.1, 0.15) is 104 Å². The molecule has 1 saturated heterocycles. The number of nitrogens with zero attached hydrogens (tertiary/aromatic N) is 6. The van der Waals surface area contributed by atoms with Crippen molar-refractivity contribution in [1.82, 2.24) is 28.7 Å². The van der Waals surface area contributed by atoms with Gasteiger partial charge in [-0.25, -0.2) is 36.3 Å². The van der Waals surface area contributed by atoms with Crippen LogP contribution in [0.5, 0.6) is 17.6 Å². The zero-order valence-electron chi connectivity index (χ0n) is 61.1. The summed E-state index contributed by atoms with van der Waals surface area (Å²) in [5.41, 5.74) is 14.6. The van der Waals surface area contributed by atoms with Crippen molar-refractivity contribution in [2.75, 3.05) is 30.5 Å². The van der Waals surface area contributed by atoms with Crippen LogP contribution in [0.4, 0.5) is 37.7 Å². The minimum atomic E-state index is -0.706. The fourth-order valence-electron chi connectivity index (χ4n) is 7.93. The Bertz CT molecular complexity index is 4360. The van der Waals surface area contributed by atoms with Crippen LogP contribution in [0.2, 0.25) is 0 Å². The minimum Gasteiger partial charge on any atom is -0.493 e. The first-order chi connectivity index (χ1) is 50.8. The van der Waals surface area contributed by atoms with Gasteiger partial charge in [0.1, 0.15) is 60.8 Å². The Hall–Kier alpha value is -10.5. The third kappa shape index (κ3) is 35.0. The zero-order chi connectivity index (χ0) is 78.5. The summed E-state index contributed by atoms with van der Waals surface area (Å²) in [6.45, 7) is 23.3. The Morgan fingerprint density at radius 1 is 0.552 bits per heavy atom. The van der Waals surface area contributed by atoms with Crippen LogP contribution >= 0.6 is 35.6 Å². The summed E-state index contributed by atoms with van der Waals surface area (Å²) in [7, 11) is 0. The number of aromatic nitrogens is 6. The third-order valence-electron chi connectivity index (χ3n) is 12.7. The highest BCUT2D eigenvalue weighted by molar-refractivity contribution is 7.98. The number of thiocarbonyl (C=S) groups is 1. The summed E-state index contributed by atoms with van der Waals surface area (Å²) in [4.78, 5) is 48.3. The second-order valence-corrected chi connectivity index (χ2v) is 21.1. The molecule has 1 aliphatic heterocycles. The van der Waals surface area contributed by atoms with Crippen molar-refractivity contribution in [3.8, 4) is 34.7 Å². The van der Waals surface area contributed by atoms with E-state index in [4.69, 9.17) is 37.3 Å². The molecule has 1 fully saturated rings. The first-order valence-electron chi connectivity index (χ1n) is 33.7. The molecule has 0 saturated carbocycles. The van der Waals surface area contributed by atoms with Crippen LogP contribution in [0, 0.1) is 41.8 Å². The second-order valence-electron chi connectivity index (χ2n) is 19.6. The lowest BCUT2D eigenvalue weighted by Crippen LogP contribution is -2.22. The number of halogens is 7. The van der Waals surface area contributed by atoms with E-state index in [1.807, 2.05) is 197 Å². The van der Waals surface area contributed by atoms with Crippen molar-refractivity contribution in [1.29, 1.82) is 0 Å². The van der Waals surface area contributed by atoms with Gasteiger partial charge < -0.3 is 36.1 Å². The van der Waals surface area contributed by atoms with Gasteiger partial charge in [-0.1, -0.05) is 178 Å². The minimum absolute atomic E-state index is 0.0749. The van der Waals surface area contributed by atoms with Gasteiger partial charge in [0.15, 0.2) is 10.3 Å². The number of para-hydroxylation sites is 5. The number of aromatic hydroxyl groups is 1. The molecule has 1 aliphatic rings. The van der Waals surface area contributed by atoms with E-state index in [2.05, 4.69) is 32.5 Å². The molecule has 11 aromatic rings. The Morgan fingerprint density at radius 3 is 1.35 bits per heavy atom. The largest absolute Gasteiger partial charge is 0.493 e. The number of hydrogen-bond acceptors (Lipinski definition) is 13. The molecule has 4 heterocycles. The molecule has 0 spiro atoms. The van der Waals surface area contributed by atoms with Crippen LogP contribution in [0.25, 0.3) is 17.1 Å². The van der Waals surface area contributed by atoms with E-state index in [0.717, 1.165) is 66.7 Å². The summed E-state index contributed by atoms with van der Waals surface area (Å²) in [5.74, 6) is -3.87. The van der Waals surface area contributed by atoms with E-state index in [1.165, 1.54) is 81.3 Å². The van der Waals surface area contributed by atoms with Gasteiger partial charge in [0, 0.05) is 59.5 Å². The van der Waals surface area contributed by atoms with Gasteiger partial charge in [-0.05, 0) is 129 Å². The number of nitrogen functional groups attached to an aromatic ring is 1. The zero-order valence-corrected chi connectivity index (χ0v) is 63.5. The SMILES string of the molecule is C1CCOC1.CC.CC.CC.CC.CC.CSc1nc(O)cc(=O)n1-c1ccccc1.Cc1c(OCc2ccc(F)cc2F)ncn(-c2ccccc2)c1=O.Fc1ccc(CCl)c(F)c1.NC(=S)Nc1ccccc1.Nc1ccccc1.O=c1cc(OCc2ccc(F)cc2F)ncn1-c1ccccc1. The molecule has 3 aromatic heterocycles. The predicted molar refractivity (Wildman–Crippen MR) is 419 cm³/mol. The highest BCUT2D eigenvalue weighted by Gasteiger charge is 2.14. The Balaban J connectivity index is 0.000000629. The van der Waals surface area contributed by atoms with E-state index in [0.29, 0.717) is 32.8 Å². The smallest absolute Gasteiger partial charge is 0.264 e. The van der Waals surface area contributed by atoms with Crippen molar-refractivity contribution >= 4 is 52.1 Å². The highest BCUT2D eigenvalue weighted by atomic mass is 35.5. The number of benzene rings is 8. The molecule has 16 nitrogen and oxygen atoms in total. The first kappa shape index (κ1) is 92.5. The quantitative estimate of drug-likeness (QED) is 0.0223. The maximum Gasteiger partial charge on any atom is 0.264 e. The van der Waals surface area contributed by atoms with Gasteiger partial charge in [0.25, 0.3) is 16.7 Å². The van der Waals surface area contributed by atoms with E-state index in [-0.39, 0.29) is 64.5 Å². The summed E-state index contributed by atoms with van der Waals surface area (Å²) in [5, 5.41) is 12.8. The van der Waals surface area contributed by atoms with Gasteiger partial charge in [-0.15, -0.1) is 11.6 Å². The summed E-state index contributed by atoms with van der Waals surface area (Å²) >= 11 is 11.3. The maximum absolute atomic E-state index is 13.6. The number of ether oxygens (including phenoxy) is 3.